The molecule has 0 radical (unpaired) electrons. The smallest absolute Gasteiger partial charge is 0.416 e. The van der Waals surface area contributed by atoms with Crippen LogP contribution in [0.4, 0.5) is 22.4 Å². The van der Waals surface area contributed by atoms with E-state index < -0.39 is 35.2 Å². The Hall–Kier alpha value is -1.79. The van der Waals surface area contributed by atoms with Gasteiger partial charge in [0, 0.05) is 24.6 Å². The normalized spacial score (nSPS) is 19.1. The number of amides is 1. The fraction of sp³-hybridized carbons (Fsp3) is 0.562. The number of rotatable bonds is 1. The highest BCUT2D eigenvalue weighted by molar-refractivity contribution is 5.68. The van der Waals surface area contributed by atoms with Crippen LogP contribution in [0.15, 0.2) is 18.2 Å². The van der Waals surface area contributed by atoms with E-state index in [-0.39, 0.29) is 25.1 Å². The number of carbonyl (C=O) groups excluding carboxylic acids is 1. The second kappa shape index (κ2) is 6.02. The summed E-state index contributed by atoms with van der Waals surface area (Å²) in [7, 11) is 0. The third-order valence-electron chi connectivity index (χ3n) is 3.61. The van der Waals surface area contributed by atoms with Gasteiger partial charge < -0.3 is 9.64 Å². The number of halogens is 4. The quantitative estimate of drug-likeness (QED) is 0.705. The number of likely N-dealkylation sites (tertiary alicyclic amines) is 1. The number of alkyl halides is 3. The average Bonchev–Trinajstić information content (AvgIpc) is 2.84. The van der Waals surface area contributed by atoms with Crippen LogP contribution >= 0.6 is 0 Å². The predicted octanol–water partition coefficient (Wildman–Crippen LogP) is 4.57. The highest BCUT2D eigenvalue weighted by Crippen LogP contribution is 2.39. The van der Waals surface area contributed by atoms with Crippen LogP contribution in [0, 0.1) is 5.82 Å². The Morgan fingerprint density at radius 1 is 1.26 bits per heavy atom. The molecule has 1 atom stereocenters. The van der Waals surface area contributed by atoms with E-state index in [1.54, 1.807) is 20.8 Å². The van der Waals surface area contributed by atoms with E-state index in [0.717, 1.165) is 18.2 Å². The van der Waals surface area contributed by atoms with Gasteiger partial charge in [-0.2, -0.15) is 13.2 Å². The summed E-state index contributed by atoms with van der Waals surface area (Å²) in [4.78, 5) is 13.3. The van der Waals surface area contributed by atoms with E-state index in [0.29, 0.717) is 0 Å². The fourth-order valence-corrected chi connectivity index (χ4v) is 2.69. The molecule has 23 heavy (non-hydrogen) atoms. The maximum absolute atomic E-state index is 14.0. The minimum Gasteiger partial charge on any atom is -0.444 e. The third kappa shape index (κ3) is 4.14. The maximum Gasteiger partial charge on any atom is 0.416 e. The molecule has 0 aromatic heterocycles. The van der Waals surface area contributed by atoms with Gasteiger partial charge in [-0.3, -0.25) is 0 Å². The summed E-state index contributed by atoms with van der Waals surface area (Å²) in [5, 5.41) is 0. The van der Waals surface area contributed by atoms with Crippen molar-refractivity contribution in [2.45, 2.75) is 44.9 Å². The van der Waals surface area contributed by atoms with E-state index >= 15 is 0 Å². The molecule has 7 heteroatoms. The van der Waals surface area contributed by atoms with Crippen LogP contribution in [0.5, 0.6) is 0 Å². The Balaban J connectivity index is 2.21. The Labute approximate surface area is 132 Å². The first-order valence-electron chi connectivity index (χ1n) is 7.32. The molecule has 3 nitrogen and oxygen atoms in total. The molecule has 0 spiro atoms. The van der Waals surface area contributed by atoms with E-state index in [2.05, 4.69) is 0 Å². The van der Waals surface area contributed by atoms with Crippen molar-refractivity contribution in [2.24, 2.45) is 0 Å². The molecular formula is C16H19F4NO2. The molecule has 0 N–H and O–H groups in total. The molecule has 1 aromatic rings. The van der Waals surface area contributed by atoms with Gasteiger partial charge in [0.05, 0.1) is 5.56 Å². The number of hydrogen-bond donors (Lipinski definition) is 0. The molecule has 1 unspecified atom stereocenters. The monoisotopic (exact) mass is 333 g/mol. The fourth-order valence-electron chi connectivity index (χ4n) is 2.69. The summed E-state index contributed by atoms with van der Waals surface area (Å²) in [6.45, 7) is 5.37. The summed E-state index contributed by atoms with van der Waals surface area (Å²) < 4.78 is 58.5. The van der Waals surface area contributed by atoms with E-state index in [1.165, 1.54) is 4.90 Å². The van der Waals surface area contributed by atoms with Crippen molar-refractivity contribution in [1.29, 1.82) is 0 Å². The summed E-state index contributed by atoms with van der Waals surface area (Å²) in [6, 6.07) is 2.93. The molecule has 2 rings (SSSR count). The number of carbonyl (C=O) groups is 1. The van der Waals surface area contributed by atoms with Crippen molar-refractivity contribution in [1.82, 2.24) is 4.90 Å². The Kier molecular flexibility index (Phi) is 4.59. The lowest BCUT2D eigenvalue weighted by atomic mass is 9.92. The lowest BCUT2D eigenvalue weighted by Crippen LogP contribution is -2.35. The molecule has 1 fully saturated rings. The largest absolute Gasteiger partial charge is 0.444 e. The van der Waals surface area contributed by atoms with Gasteiger partial charge >= 0.3 is 12.3 Å². The van der Waals surface area contributed by atoms with E-state index in [4.69, 9.17) is 4.74 Å². The molecule has 1 aromatic carbocycles. The van der Waals surface area contributed by atoms with Crippen molar-refractivity contribution < 1.29 is 27.1 Å². The molecule has 1 aliphatic heterocycles. The van der Waals surface area contributed by atoms with Crippen LogP contribution in [-0.4, -0.2) is 29.7 Å². The third-order valence-corrected chi connectivity index (χ3v) is 3.61. The van der Waals surface area contributed by atoms with Crippen LogP contribution in [0.3, 0.4) is 0 Å². The zero-order chi connectivity index (χ0) is 17.4. The van der Waals surface area contributed by atoms with Gasteiger partial charge in [-0.05, 0) is 39.3 Å². The molecule has 1 saturated heterocycles. The predicted molar refractivity (Wildman–Crippen MR) is 76.6 cm³/mol. The first-order valence-corrected chi connectivity index (χ1v) is 7.32. The zero-order valence-electron chi connectivity index (χ0n) is 13.2. The van der Waals surface area contributed by atoms with Crippen LogP contribution in [0.2, 0.25) is 0 Å². The van der Waals surface area contributed by atoms with Gasteiger partial charge in [-0.25, -0.2) is 9.18 Å². The summed E-state index contributed by atoms with van der Waals surface area (Å²) in [6.07, 6.45) is -4.95. The maximum atomic E-state index is 14.0. The number of benzene rings is 1. The van der Waals surface area contributed by atoms with Crippen LogP contribution in [0.25, 0.3) is 0 Å². The Bertz CT molecular complexity index is 593. The molecule has 1 aliphatic rings. The van der Waals surface area contributed by atoms with Crippen LogP contribution < -0.4 is 0 Å². The van der Waals surface area contributed by atoms with Crippen LogP contribution in [-0.2, 0) is 10.9 Å². The van der Waals surface area contributed by atoms with Crippen LogP contribution in [0.1, 0.15) is 44.2 Å². The summed E-state index contributed by atoms with van der Waals surface area (Å²) in [5.74, 6) is -1.59. The summed E-state index contributed by atoms with van der Waals surface area (Å²) in [5.41, 5.74) is -2.04. The lowest BCUT2D eigenvalue weighted by Gasteiger charge is -2.24. The molecule has 0 aliphatic carbocycles. The van der Waals surface area contributed by atoms with Gasteiger partial charge in [-0.15, -0.1) is 0 Å². The SMILES string of the molecule is CC(C)(C)OC(=O)N1CCC(c2c(F)cccc2C(F)(F)F)C1. The molecule has 0 saturated carbocycles. The topological polar surface area (TPSA) is 29.5 Å². The molecule has 128 valence electrons. The average molecular weight is 333 g/mol. The van der Waals surface area contributed by atoms with Crippen molar-refractivity contribution in [3.63, 3.8) is 0 Å². The first-order chi connectivity index (χ1) is 10.5. The first kappa shape index (κ1) is 17.6. The number of ether oxygens (including phenoxy) is 1. The molecule has 1 amide bonds. The Morgan fingerprint density at radius 2 is 1.91 bits per heavy atom. The Morgan fingerprint density at radius 3 is 2.48 bits per heavy atom. The highest BCUT2D eigenvalue weighted by Gasteiger charge is 2.39. The molecule has 0 bridgehead atoms. The van der Waals surface area contributed by atoms with Gasteiger partial charge in [0.15, 0.2) is 0 Å². The van der Waals surface area contributed by atoms with Crippen molar-refractivity contribution in [3.8, 4) is 0 Å². The lowest BCUT2D eigenvalue weighted by molar-refractivity contribution is -0.138. The second-order valence-corrected chi connectivity index (χ2v) is 6.61. The molecular weight excluding hydrogens is 314 g/mol. The van der Waals surface area contributed by atoms with Gasteiger partial charge in [0.25, 0.3) is 0 Å². The minimum absolute atomic E-state index is 0.0128. The number of nitrogens with zero attached hydrogens (tertiary/aromatic N) is 1. The zero-order valence-corrected chi connectivity index (χ0v) is 13.2. The van der Waals surface area contributed by atoms with Gasteiger partial charge in [0.2, 0.25) is 0 Å². The second-order valence-electron chi connectivity index (χ2n) is 6.61. The standard InChI is InChI=1S/C16H19F4NO2/c1-15(2,3)23-14(22)21-8-7-10(9-21)13-11(16(18,19)20)5-4-6-12(13)17/h4-6,10H,7-9H2,1-3H3. The van der Waals surface area contributed by atoms with E-state index in [9.17, 15) is 22.4 Å². The summed E-state index contributed by atoms with van der Waals surface area (Å²) >= 11 is 0. The molecule has 1 heterocycles. The van der Waals surface area contributed by atoms with Crippen molar-refractivity contribution in [2.75, 3.05) is 13.1 Å². The number of hydrogen-bond acceptors (Lipinski definition) is 2. The van der Waals surface area contributed by atoms with Gasteiger partial charge in [0.1, 0.15) is 11.4 Å². The van der Waals surface area contributed by atoms with Gasteiger partial charge in [-0.1, -0.05) is 6.07 Å². The van der Waals surface area contributed by atoms with Crippen molar-refractivity contribution in [3.05, 3.63) is 35.1 Å². The van der Waals surface area contributed by atoms with E-state index in [1.807, 2.05) is 0 Å². The minimum atomic E-state index is -4.63. The van der Waals surface area contributed by atoms with Crippen molar-refractivity contribution >= 4 is 6.09 Å². The highest BCUT2D eigenvalue weighted by atomic mass is 19.4.